The van der Waals surface area contributed by atoms with E-state index in [4.69, 9.17) is 0 Å². The topological polar surface area (TPSA) is 29.1 Å². The van der Waals surface area contributed by atoms with Crippen LogP contribution in [0.5, 0.6) is 0 Å². The highest BCUT2D eigenvalue weighted by Crippen LogP contribution is 2.16. The number of carbonyl (C=O) groups is 1. The van der Waals surface area contributed by atoms with E-state index >= 15 is 0 Å². The molecule has 2 aromatic rings. The Hall–Kier alpha value is -2.09. The van der Waals surface area contributed by atoms with Crippen molar-refractivity contribution < 1.29 is 4.79 Å². The quantitative estimate of drug-likeness (QED) is 0.889. The second-order valence-corrected chi connectivity index (χ2v) is 5.21. The lowest BCUT2D eigenvalue weighted by atomic mass is 10.1. The molecule has 104 valence electrons. The predicted molar refractivity (Wildman–Crippen MR) is 84.1 cm³/mol. The van der Waals surface area contributed by atoms with E-state index in [1.807, 2.05) is 38.1 Å². The van der Waals surface area contributed by atoms with Gasteiger partial charge in [0.15, 0.2) is 0 Å². The van der Waals surface area contributed by atoms with Gasteiger partial charge in [-0.05, 0) is 43.0 Å². The van der Waals surface area contributed by atoms with Crippen LogP contribution in [0.25, 0.3) is 0 Å². The number of anilines is 1. The summed E-state index contributed by atoms with van der Waals surface area (Å²) in [6.45, 7) is 6.19. The summed E-state index contributed by atoms with van der Waals surface area (Å²) < 4.78 is 0. The lowest BCUT2D eigenvalue weighted by molar-refractivity contribution is -0.115. The molecule has 20 heavy (non-hydrogen) atoms. The van der Waals surface area contributed by atoms with Crippen molar-refractivity contribution in [3.05, 3.63) is 64.7 Å². The largest absolute Gasteiger partial charge is 0.326 e. The van der Waals surface area contributed by atoms with Crippen LogP contribution in [0.3, 0.4) is 0 Å². The molecule has 0 aromatic heterocycles. The highest BCUT2D eigenvalue weighted by molar-refractivity contribution is 5.93. The van der Waals surface area contributed by atoms with E-state index in [0.29, 0.717) is 6.42 Å². The molecule has 2 aromatic carbocycles. The van der Waals surface area contributed by atoms with Gasteiger partial charge in [-0.15, -0.1) is 0 Å². The molecule has 0 spiro atoms. The van der Waals surface area contributed by atoms with Crippen molar-refractivity contribution in [2.24, 2.45) is 0 Å². The molecule has 0 saturated heterocycles. The number of aryl methyl sites for hydroxylation is 3. The van der Waals surface area contributed by atoms with E-state index in [0.717, 1.165) is 23.2 Å². The first-order valence-electron chi connectivity index (χ1n) is 7.03. The van der Waals surface area contributed by atoms with Crippen molar-refractivity contribution >= 4 is 11.6 Å². The van der Waals surface area contributed by atoms with Gasteiger partial charge in [0.05, 0.1) is 6.42 Å². The van der Waals surface area contributed by atoms with Gasteiger partial charge in [0, 0.05) is 5.69 Å². The molecule has 0 unspecified atom stereocenters. The minimum atomic E-state index is 0.0289. The Morgan fingerprint density at radius 1 is 1.00 bits per heavy atom. The van der Waals surface area contributed by atoms with Crippen LogP contribution in [-0.2, 0) is 17.6 Å². The number of hydrogen-bond donors (Lipinski definition) is 1. The summed E-state index contributed by atoms with van der Waals surface area (Å²) >= 11 is 0. The Kier molecular flexibility index (Phi) is 4.57. The van der Waals surface area contributed by atoms with Gasteiger partial charge in [0.1, 0.15) is 0 Å². The molecule has 0 atom stereocenters. The van der Waals surface area contributed by atoms with Gasteiger partial charge in [0.2, 0.25) is 5.91 Å². The maximum Gasteiger partial charge on any atom is 0.228 e. The molecule has 0 heterocycles. The molecule has 2 rings (SSSR count). The maximum absolute atomic E-state index is 12.1. The maximum atomic E-state index is 12.1. The predicted octanol–water partition coefficient (Wildman–Crippen LogP) is 4.05. The Balaban J connectivity index is 2.01. The van der Waals surface area contributed by atoms with Crippen LogP contribution in [0.1, 0.15) is 29.2 Å². The van der Waals surface area contributed by atoms with E-state index in [2.05, 4.69) is 30.4 Å². The monoisotopic (exact) mass is 267 g/mol. The molecule has 2 nitrogen and oxygen atoms in total. The summed E-state index contributed by atoms with van der Waals surface area (Å²) in [7, 11) is 0. The van der Waals surface area contributed by atoms with Gasteiger partial charge in [0.25, 0.3) is 0 Å². The van der Waals surface area contributed by atoms with Crippen LogP contribution >= 0.6 is 0 Å². The van der Waals surface area contributed by atoms with E-state index in [1.165, 1.54) is 11.1 Å². The number of amides is 1. The van der Waals surface area contributed by atoms with E-state index in [9.17, 15) is 4.79 Å². The summed E-state index contributed by atoms with van der Waals surface area (Å²) in [5.74, 6) is 0.0289. The fourth-order valence-electron chi connectivity index (χ4n) is 2.23. The molecule has 1 amide bonds. The van der Waals surface area contributed by atoms with Gasteiger partial charge in [-0.2, -0.15) is 0 Å². The minimum absolute atomic E-state index is 0.0289. The third-order valence-corrected chi connectivity index (χ3v) is 3.45. The second kappa shape index (κ2) is 6.38. The van der Waals surface area contributed by atoms with Gasteiger partial charge in [-0.3, -0.25) is 4.79 Å². The standard InChI is InChI=1S/C18H21NO/c1-4-15-6-8-16(9-7-15)12-18(20)19-17-10-5-13(2)11-14(17)3/h5-11H,4,12H2,1-3H3,(H,19,20). The molecular weight excluding hydrogens is 246 g/mol. The number of benzene rings is 2. The SMILES string of the molecule is CCc1ccc(CC(=O)Nc2ccc(C)cc2C)cc1. The first kappa shape index (κ1) is 14.3. The van der Waals surface area contributed by atoms with E-state index in [1.54, 1.807) is 0 Å². The molecule has 0 bridgehead atoms. The van der Waals surface area contributed by atoms with Gasteiger partial charge in [-0.1, -0.05) is 48.9 Å². The van der Waals surface area contributed by atoms with Gasteiger partial charge in [-0.25, -0.2) is 0 Å². The van der Waals surface area contributed by atoms with Crippen molar-refractivity contribution in [1.82, 2.24) is 0 Å². The zero-order chi connectivity index (χ0) is 14.5. The van der Waals surface area contributed by atoms with E-state index < -0.39 is 0 Å². The number of hydrogen-bond acceptors (Lipinski definition) is 1. The van der Waals surface area contributed by atoms with Crippen LogP contribution in [0.2, 0.25) is 0 Å². The molecule has 0 fully saturated rings. The van der Waals surface area contributed by atoms with Crippen LogP contribution in [0.4, 0.5) is 5.69 Å². The summed E-state index contributed by atoms with van der Waals surface area (Å²) in [6, 6.07) is 14.3. The molecule has 0 aliphatic heterocycles. The fraction of sp³-hybridized carbons (Fsp3) is 0.278. The fourth-order valence-corrected chi connectivity index (χ4v) is 2.23. The molecule has 0 aliphatic carbocycles. The van der Waals surface area contributed by atoms with Gasteiger partial charge >= 0.3 is 0 Å². The van der Waals surface area contributed by atoms with Gasteiger partial charge < -0.3 is 5.32 Å². The van der Waals surface area contributed by atoms with Crippen molar-refractivity contribution in [2.45, 2.75) is 33.6 Å². The van der Waals surface area contributed by atoms with Crippen LogP contribution in [-0.4, -0.2) is 5.91 Å². The third-order valence-electron chi connectivity index (χ3n) is 3.45. The molecule has 0 aliphatic rings. The molecule has 1 N–H and O–H groups in total. The average Bonchev–Trinajstić information content (AvgIpc) is 2.43. The highest BCUT2D eigenvalue weighted by atomic mass is 16.1. The lowest BCUT2D eigenvalue weighted by Crippen LogP contribution is -2.15. The minimum Gasteiger partial charge on any atom is -0.326 e. The Morgan fingerprint density at radius 2 is 1.65 bits per heavy atom. The summed E-state index contributed by atoms with van der Waals surface area (Å²) in [6.07, 6.45) is 1.44. The first-order chi connectivity index (χ1) is 9.58. The van der Waals surface area contributed by atoms with Crippen molar-refractivity contribution in [3.8, 4) is 0 Å². The third kappa shape index (κ3) is 3.70. The molecule has 0 saturated carbocycles. The first-order valence-corrected chi connectivity index (χ1v) is 7.03. The summed E-state index contributed by atoms with van der Waals surface area (Å²) in [4.78, 5) is 12.1. The van der Waals surface area contributed by atoms with Crippen LogP contribution in [0.15, 0.2) is 42.5 Å². The summed E-state index contributed by atoms with van der Waals surface area (Å²) in [5, 5.41) is 2.98. The summed E-state index contributed by atoms with van der Waals surface area (Å²) in [5.41, 5.74) is 5.54. The smallest absolute Gasteiger partial charge is 0.228 e. The second-order valence-electron chi connectivity index (χ2n) is 5.21. The number of rotatable bonds is 4. The Labute approximate surface area is 120 Å². The number of carbonyl (C=O) groups excluding carboxylic acids is 1. The molecular formula is C18H21NO. The van der Waals surface area contributed by atoms with E-state index in [-0.39, 0.29) is 5.91 Å². The lowest BCUT2D eigenvalue weighted by Gasteiger charge is -2.09. The average molecular weight is 267 g/mol. The zero-order valence-corrected chi connectivity index (χ0v) is 12.4. The molecule has 2 heteroatoms. The highest BCUT2D eigenvalue weighted by Gasteiger charge is 2.06. The molecule has 0 radical (unpaired) electrons. The van der Waals surface area contributed by atoms with Crippen molar-refractivity contribution in [2.75, 3.05) is 5.32 Å². The number of nitrogens with one attached hydrogen (secondary N) is 1. The van der Waals surface area contributed by atoms with Crippen LogP contribution < -0.4 is 5.32 Å². The van der Waals surface area contributed by atoms with Crippen LogP contribution in [0, 0.1) is 13.8 Å². The van der Waals surface area contributed by atoms with Crippen molar-refractivity contribution in [1.29, 1.82) is 0 Å². The Bertz CT molecular complexity index is 599. The van der Waals surface area contributed by atoms with Crippen molar-refractivity contribution in [3.63, 3.8) is 0 Å². The Morgan fingerprint density at radius 3 is 2.25 bits per heavy atom. The zero-order valence-electron chi connectivity index (χ0n) is 12.4. The normalized spacial score (nSPS) is 10.3.